The van der Waals surface area contributed by atoms with Crippen LogP contribution in [0.15, 0.2) is 24.3 Å². The molecule has 1 aromatic carbocycles. The minimum atomic E-state index is -0.390. The molecule has 110 valence electrons. The molecule has 3 atom stereocenters. The molecule has 0 radical (unpaired) electrons. The highest BCUT2D eigenvalue weighted by molar-refractivity contribution is 5.46. The number of nitro benzene ring substituents is 1. The SMILES string of the molecule is CCNC1CC(Oc2ccccc2[N+](=O)[O-])C1(C)CC. The van der Waals surface area contributed by atoms with E-state index in [2.05, 4.69) is 26.1 Å². The molecule has 1 aromatic rings. The van der Waals surface area contributed by atoms with Crippen molar-refractivity contribution in [3.63, 3.8) is 0 Å². The van der Waals surface area contributed by atoms with Crippen molar-refractivity contribution in [3.8, 4) is 5.75 Å². The number of nitrogens with zero attached hydrogens (tertiary/aromatic N) is 1. The molecule has 0 aliphatic heterocycles. The monoisotopic (exact) mass is 278 g/mol. The van der Waals surface area contributed by atoms with Gasteiger partial charge in [0.25, 0.3) is 0 Å². The van der Waals surface area contributed by atoms with Gasteiger partial charge in [-0.3, -0.25) is 10.1 Å². The predicted octanol–water partition coefficient (Wildman–Crippen LogP) is 3.14. The van der Waals surface area contributed by atoms with Crippen LogP contribution in [0.4, 0.5) is 5.69 Å². The molecule has 0 spiro atoms. The first-order valence-electron chi connectivity index (χ1n) is 7.16. The number of hydrogen-bond acceptors (Lipinski definition) is 4. The van der Waals surface area contributed by atoms with Crippen LogP contribution in [0.5, 0.6) is 5.75 Å². The lowest BCUT2D eigenvalue weighted by molar-refractivity contribution is -0.386. The molecule has 20 heavy (non-hydrogen) atoms. The van der Waals surface area contributed by atoms with Crippen LogP contribution >= 0.6 is 0 Å². The molecule has 0 bridgehead atoms. The molecule has 5 nitrogen and oxygen atoms in total. The van der Waals surface area contributed by atoms with Crippen LogP contribution in [0.25, 0.3) is 0 Å². The van der Waals surface area contributed by atoms with E-state index in [1.54, 1.807) is 18.2 Å². The van der Waals surface area contributed by atoms with E-state index < -0.39 is 0 Å². The van der Waals surface area contributed by atoms with Crippen molar-refractivity contribution in [2.75, 3.05) is 6.54 Å². The van der Waals surface area contributed by atoms with Crippen LogP contribution in [-0.4, -0.2) is 23.6 Å². The number of para-hydroxylation sites is 2. The third-order valence-electron chi connectivity index (χ3n) is 4.52. The number of nitrogens with one attached hydrogen (secondary N) is 1. The molecule has 3 unspecified atom stereocenters. The highest BCUT2D eigenvalue weighted by atomic mass is 16.6. The topological polar surface area (TPSA) is 64.4 Å². The average Bonchev–Trinajstić information content (AvgIpc) is 2.45. The van der Waals surface area contributed by atoms with E-state index in [-0.39, 0.29) is 22.1 Å². The Balaban J connectivity index is 2.14. The summed E-state index contributed by atoms with van der Waals surface area (Å²) in [6.45, 7) is 7.34. The first-order valence-corrected chi connectivity index (χ1v) is 7.16. The first kappa shape index (κ1) is 14.8. The van der Waals surface area contributed by atoms with Gasteiger partial charge in [-0.25, -0.2) is 0 Å². The van der Waals surface area contributed by atoms with E-state index >= 15 is 0 Å². The Morgan fingerprint density at radius 2 is 2.15 bits per heavy atom. The Morgan fingerprint density at radius 1 is 1.45 bits per heavy atom. The second kappa shape index (κ2) is 5.79. The zero-order chi connectivity index (χ0) is 14.8. The van der Waals surface area contributed by atoms with Crippen molar-refractivity contribution in [3.05, 3.63) is 34.4 Å². The fourth-order valence-electron chi connectivity index (χ4n) is 2.90. The Labute approximate surface area is 119 Å². The molecule has 1 aliphatic rings. The number of benzene rings is 1. The number of ether oxygens (including phenoxy) is 1. The van der Waals surface area contributed by atoms with Gasteiger partial charge in [-0.2, -0.15) is 0 Å². The predicted molar refractivity (Wildman–Crippen MR) is 78.0 cm³/mol. The van der Waals surface area contributed by atoms with Crippen LogP contribution in [0.1, 0.15) is 33.6 Å². The van der Waals surface area contributed by atoms with Crippen molar-refractivity contribution in [1.82, 2.24) is 5.32 Å². The Morgan fingerprint density at radius 3 is 2.75 bits per heavy atom. The van der Waals surface area contributed by atoms with E-state index in [1.165, 1.54) is 6.07 Å². The molecule has 0 amide bonds. The lowest BCUT2D eigenvalue weighted by Crippen LogP contribution is -2.63. The average molecular weight is 278 g/mol. The van der Waals surface area contributed by atoms with Crippen molar-refractivity contribution in [1.29, 1.82) is 0 Å². The Bertz CT molecular complexity index is 492. The number of nitro groups is 1. The highest BCUT2D eigenvalue weighted by Gasteiger charge is 2.52. The van der Waals surface area contributed by atoms with Crippen LogP contribution in [0.2, 0.25) is 0 Å². The summed E-state index contributed by atoms with van der Waals surface area (Å²) < 4.78 is 5.94. The maximum Gasteiger partial charge on any atom is 0.310 e. The summed E-state index contributed by atoms with van der Waals surface area (Å²) in [6, 6.07) is 7.01. The molecule has 0 aromatic heterocycles. The summed E-state index contributed by atoms with van der Waals surface area (Å²) in [6.07, 6.45) is 1.90. The zero-order valence-corrected chi connectivity index (χ0v) is 12.3. The summed E-state index contributed by atoms with van der Waals surface area (Å²) in [5, 5.41) is 14.5. The summed E-state index contributed by atoms with van der Waals surface area (Å²) in [5.41, 5.74) is 0.0672. The maximum atomic E-state index is 11.0. The Hall–Kier alpha value is -1.62. The van der Waals surface area contributed by atoms with Gasteiger partial charge in [0.2, 0.25) is 0 Å². The lowest BCUT2D eigenvalue weighted by atomic mass is 9.61. The van der Waals surface area contributed by atoms with E-state index in [1.807, 2.05) is 0 Å². The molecular formula is C15H22N2O3. The summed E-state index contributed by atoms with van der Waals surface area (Å²) >= 11 is 0. The zero-order valence-electron chi connectivity index (χ0n) is 12.3. The van der Waals surface area contributed by atoms with Gasteiger partial charge in [0.1, 0.15) is 6.10 Å². The van der Waals surface area contributed by atoms with Gasteiger partial charge in [0, 0.05) is 23.9 Å². The number of hydrogen-bond donors (Lipinski definition) is 1. The van der Waals surface area contributed by atoms with Crippen LogP contribution in [0, 0.1) is 15.5 Å². The molecule has 1 saturated carbocycles. The van der Waals surface area contributed by atoms with Crippen LogP contribution in [-0.2, 0) is 0 Å². The molecule has 2 rings (SSSR count). The quantitative estimate of drug-likeness (QED) is 0.641. The summed E-state index contributed by atoms with van der Waals surface area (Å²) in [4.78, 5) is 10.6. The van der Waals surface area contributed by atoms with Crippen molar-refractivity contribution >= 4 is 5.69 Å². The van der Waals surface area contributed by atoms with E-state index in [4.69, 9.17) is 4.74 Å². The summed E-state index contributed by atoms with van der Waals surface area (Å²) in [5.74, 6) is 0.372. The molecular weight excluding hydrogens is 256 g/mol. The largest absolute Gasteiger partial charge is 0.483 e. The maximum absolute atomic E-state index is 11.0. The van der Waals surface area contributed by atoms with Crippen molar-refractivity contribution in [2.24, 2.45) is 5.41 Å². The Kier molecular flexibility index (Phi) is 4.28. The van der Waals surface area contributed by atoms with Crippen molar-refractivity contribution in [2.45, 2.75) is 45.8 Å². The second-order valence-electron chi connectivity index (χ2n) is 5.54. The second-order valence-corrected chi connectivity index (χ2v) is 5.54. The fraction of sp³-hybridized carbons (Fsp3) is 0.600. The molecule has 1 fully saturated rings. The van der Waals surface area contributed by atoms with E-state index in [0.717, 1.165) is 19.4 Å². The summed E-state index contributed by atoms with van der Waals surface area (Å²) in [7, 11) is 0. The van der Waals surface area contributed by atoms with Gasteiger partial charge in [-0.05, 0) is 19.0 Å². The van der Waals surface area contributed by atoms with Gasteiger partial charge in [-0.1, -0.05) is 32.9 Å². The van der Waals surface area contributed by atoms with Gasteiger partial charge >= 0.3 is 5.69 Å². The minimum Gasteiger partial charge on any atom is -0.483 e. The number of rotatable bonds is 6. The third kappa shape index (κ3) is 2.50. The standard InChI is InChI=1S/C15H22N2O3/c1-4-15(3)13(16-5-2)10-14(15)20-12-9-7-6-8-11(12)17(18)19/h6-9,13-14,16H,4-5,10H2,1-3H3. The van der Waals surface area contributed by atoms with Crippen LogP contribution in [0.3, 0.4) is 0 Å². The molecule has 1 aliphatic carbocycles. The molecule has 1 N–H and O–H groups in total. The van der Waals surface area contributed by atoms with Gasteiger partial charge in [0.15, 0.2) is 5.75 Å². The molecule has 0 saturated heterocycles. The van der Waals surface area contributed by atoms with Gasteiger partial charge in [-0.15, -0.1) is 0 Å². The minimum absolute atomic E-state index is 0.0256. The smallest absolute Gasteiger partial charge is 0.310 e. The van der Waals surface area contributed by atoms with Gasteiger partial charge in [0.05, 0.1) is 4.92 Å². The van der Waals surface area contributed by atoms with Crippen LogP contribution < -0.4 is 10.1 Å². The molecule has 5 heteroatoms. The van der Waals surface area contributed by atoms with Gasteiger partial charge < -0.3 is 10.1 Å². The highest BCUT2D eigenvalue weighted by Crippen LogP contribution is 2.46. The third-order valence-corrected chi connectivity index (χ3v) is 4.52. The normalized spacial score (nSPS) is 28.8. The molecule has 0 heterocycles. The first-order chi connectivity index (χ1) is 9.52. The lowest BCUT2D eigenvalue weighted by Gasteiger charge is -2.53. The van der Waals surface area contributed by atoms with E-state index in [9.17, 15) is 10.1 Å². The van der Waals surface area contributed by atoms with E-state index in [0.29, 0.717) is 11.8 Å². The fourth-order valence-corrected chi connectivity index (χ4v) is 2.90. The van der Waals surface area contributed by atoms with Crippen molar-refractivity contribution < 1.29 is 9.66 Å².